The Kier molecular flexibility index (Phi) is 7.53. The van der Waals surface area contributed by atoms with E-state index in [1.807, 2.05) is 78.9 Å². The van der Waals surface area contributed by atoms with Gasteiger partial charge in [0.25, 0.3) is 0 Å². The minimum atomic E-state index is -4.27. The number of nitrogens with zero attached hydrogens (tertiary/aromatic N) is 3. The Morgan fingerprint density at radius 1 is 0.588 bits per heavy atom. The van der Waals surface area contributed by atoms with Crippen molar-refractivity contribution in [2.45, 2.75) is 98.3 Å². The number of fused-ring (bicyclic) bond motifs is 1. The number of aryl methyl sites for hydroxylation is 1. The molecule has 0 amide bonds. The Hall–Kier alpha value is -6.35. The van der Waals surface area contributed by atoms with Crippen molar-refractivity contribution in [1.29, 1.82) is 0 Å². The number of phenols is 1. The molecule has 0 radical (unpaired) electrons. The molecule has 0 fully saturated rings. The summed E-state index contributed by atoms with van der Waals surface area (Å²) in [5, 5.41) is 13.1. The van der Waals surface area contributed by atoms with Gasteiger partial charge in [-0.3, -0.25) is 9.55 Å². The van der Waals surface area contributed by atoms with Crippen LogP contribution in [0.5, 0.6) is 5.75 Å². The van der Waals surface area contributed by atoms with Crippen LogP contribution < -0.4 is 0 Å². The molecular formula is C63H62N3OPt-. The average molecular weight is 1100 g/mol. The van der Waals surface area contributed by atoms with Gasteiger partial charge in [-0.2, -0.15) is 0 Å². The van der Waals surface area contributed by atoms with E-state index in [1.165, 1.54) is 24.3 Å². The Bertz CT molecular complexity index is 4080. The molecule has 0 aliphatic heterocycles. The zero-order chi connectivity index (χ0) is 66.7. The largest absolute Gasteiger partial charge is 0.507 e. The number of rotatable bonds is 9. The summed E-state index contributed by atoms with van der Waals surface area (Å²) in [7, 11) is 0. The summed E-state index contributed by atoms with van der Waals surface area (Å²) in [5.41, 5.74) is -7.08. The van der Waals surface area contributed by atoms with E-state index in [0.717, 1.165) is 21.3 Å². The van der Waals surface area contributed by atoms with E-state index in [2.05, 4.69) is 6.07 Å². The van der Waals surface area contributed by atoms with Crippen LogP contribution in [-0.2, 0) is 31.9 Å². The number of benzene rings is 7. The number of aromatic hydroxyl groups is 1. The van der Waals surface area contributed by atoms with Crippen molar-refractivity contribution >= 4 is 11.0 Å². The molecule has 2 heterocycles. The molecule has 4 nitrogen and oxygen atoms in total. The maximum absolute atomic E-state index is 13.1. The first-order valence-electron chi connectivity index (χ1n) is 33.1. The third-order valence-electron chi connectivity index (χ3n) is 11.9. The van der Waals surface area contributed by atoms with Gasteiger partial charge in [-0.15, -0.1) is 23.8 Å². The number of phenolic OH excluding ortho intramolecular Hbond substituents is 1. The number of aromatic nitrogens is 3. The summed E-state index contributed by atoms with van der Waals surface area (Å²) in [5.74, 6) is -4.68. The number of para-hydroxylation sites is 1. The fourth-order valence-electron chi connectivity index (χ4n) is 8.37. The molecule has 7 aromatic carbocycles. The van der Waals surface area contributed by atoms with Crippen LogP contribution in [0, 0.1) is 12.9 Å². The van der Waals surface area contributed by atoms with Crippen molar-refractivity contribution in [2.75, 3.05) is 0 Å². The van der Waals surface area contributed by atoms with Gasteiger partial charge in [-0.1, -0.05) is 195 Å². The molecule has 0 saturated carbocycles. The van der Waals surface area contributed by atoms with E-state index in [1.54, 1.807) is 70.3 Å². The molecular weight excluding hydrogens is 1010 g/mol. The summed E-state index contributed by atoms with van der Waals surface area (Å²) in [6.07, 6.45) is 1.64. The molecule has 68 heavy (non-hydrogen) atoms. The van der Waals surface area contributed by atoms with Gasteiger partial charge in [0, 0.05) is 70.0 Å². The van der Waals surface area contributed by atoms with Crippen LogP contribution in [0.2, 0.25) is 0 Å². The molecule has 5 heteroatoms. The van der Waals surface area contributed by atoms with E-state index < -0.39 is 104 Å². The second-order valence-corrected chi connectivity index (χ2v) is 17.3. The van der Waals surface area contributed by atoms with Crippen molar-refractivity contribution in [1.82, 2.24) is 14.5 Å². The molecule has 9 rings (SSSR count). The summed E-state index contributed by atoms with van der Waals surface area (Å²) in [6, 6.07) is 44.2. The fraction of sp³-hybridized carbons (Fsp3) is 0.238. The van der Waals surface area contributed by atoms with Crippen LogP contribution in [0.25, 0.3) is 83.9 Å². The van der Waals surface area contributed by atoms with Gasteiger partial charge in [0.15, 0.2) is 0 Å². The topological polar surface area (TPSA) is 50.9 Å². The zero-order valence-corrected chi connectivity index (χ0v) is 39.9. The van der Waals surface area contributed by atoms with Crippen molar-refractivity contribution in [2.24, 2.45) is 0 Å². The second-order valence-electron chi connectivity index (χ2n) is 17.3. The first kappa shape index (κ1) is 27.0. The van der Waals surface area contributed by atoms with Crippen LogP contribution in [0.15, 0.2) is 158 Å². The zero-order valence-electron chi connectivity index (χ0n) is 60.6. The molecule has 0 aliphatic rings. The Morgan fingerprint density at radius 2 is 1.22 bits per heavy atom. The van der Waals surface area contributed by atoms with Gasteiger partial charge in [0.05, 0.1) is 22.3 Å². The van der Waals surface area contributed by atoms with Crippen LogP contribution in [0.4, 0.5) is 0 Å². The number of pyridine rings is 1. The van der Waals surface area contributed by atoms with Crippen molar-refractivity contribution < 1.29 is 57.7 Å². The monoisotopic (exact) mass is 1090 g/mol. The summed E-state index contributed by atoms with van der Waals surface area (Å²) in [6.45, 7) is -21.8. The summed E-state index contributed by atoms with van der Waals surface area (Å²) < 4.78 is 205. The van der Waals surface area contributed by atoms with Gasteiger partial charge in [-0.25, -0.2) is 4.98 Å². The van der Waals surface area contributed by atoms with Crippen LogP contribution in [0.3, 0.4) is 0 Å². The molecule has 9 aromatic rings. The molecule has 0 unspecified atom stereocenters. The third-order valence-corrected chi connectivity index (χ3v) is 11.9. The number of hydrogen-bond donors (Lipinski definition) is 1. The normalized spacial score (nSPS) is 18.6. The van der Waals surface area contributed by atoms with Crippen LogP contribution in [-0.4, -0.2) is 19.6 Å². The Morgan fingerprint density at radius 3 is 1.87 bits per heavy atom. The summed E-state index contributed by atoms with van der Waals surface area (Å²) >= 11 is 0. The van der Waals surface area contributed by atoms with E-state index in [9.17, 15) is 9.22 Å². The van der Waals surface area contributed by atoms with E-state index in [0.29, 0.717) is 45.1 Å². The Balaban J connectivity index is 0.0000107. The van der Waals surface area contributed by atoms with Gasteiger partial charge in [0.2, 0.25) is 0 Å². The van der Waals surface area contributed by atoms with E-state index in [4.69, 9.17) is 37.4 Å². The molecule has 0 spiro atoms. The molecule has 2 aromatic heterocycles. The van der Waals surface area contributed by atoms with Gasteiger partial charge in [0.1, 0.15) is 11.6 Å². The van der Waals surface area contributed by atoms with Crippen molar-refractivity contribution in [3.8, 4) is 78.6 Å². The summed E-state index contributed by atoms with van der Waals surface area (Å²) in [4.78, 5) is 9.79. The standard InChI is InChI=1S/C63H62N3O.Pt/c1-39(2)46-30-47(40(3)4)32-49(31-46)44-25-26-57(41(5)29-44)66-58-24-18-23-53(59(58)65-61(66)54-37-52(62(6,7)8)38-55(60(54)67)63(9,10)11)50-33-48(43-21-16-13-17-22-43)34-51(35-50)56-36-45(27-28-64-56)42-19-14-12-15-20-42;/h12-34,36-40,67H,1-11H3;/q-1;/i5D3,6D3,7D3,8D3,9D3,10D3,11D3,39D,40D;. The average Bonchev–Trinajstić information content (AvgIpc) is 1.12. The van der Waals surface area contributed by atoms with Gasteiger partial charge in [-0.05, 0) is 110 Å². The molecule has 0 atom stereocenters. The van der Waals surface area contributed by atoms with Crippen molar-refractivity contribution in [3.05, 3.63) is 192 Å². The number of imidazole rings is 1. The molecule has 1 N–H and O–H groups in total. The van der Waals surface area contributed by atoms with Crippen LogP contribution in [0.1, 0.15) is 140 Å². The minimum absolute atomic E-state index is 0. The molecule has 346 valence electrons. The minimum Gasteiger partial charge on any atom is -0.507 e. The SMILES string of the molecule is [2H]C([2H])([2H])c1cc(-c2cc(C([2H])(C)C)cc(C([2H])(C)C)c2)ccc1-n1c(-c2cc(C(C([2H])([2H])[2H])(C([2H])([2H])[2H])C([2H])([2H])[2H])cc(C(C([2H])([2H])[2H])(C([2H])([2H])[2H])C([2H])([2H])[2H])c2O)nc2c(-c3[c-]c(-c4cc(-c5ccccc5)ccn4)cc(-c4ccccc4)c3)cccc21.[Pt]. The molecule has 0 bridgehead atoms. The quantitative estimate of drug-likeness (QED) is 0.147. The van der Waals surface area contributed by atoms with Crippen LogP contribution >= 0.6 is 0 Å². The van der Waals surface area contributed by atoms with E-state index >= 15 is 0 Å². The maximum atomic E-state index is 13.1. The van der Waals surface area contributed by atoms with E-state index in [-0.39, 0.29) is 55.0 Å². The fourth-order valence-corrected chi connectivity index (χ4v) is 8.37. The van der Waals surface area contributed by atoms with Crippen molar-refractivity contribution in [3.63, 3.8) is 0 Å². The first-order chi connectivity index (χ1) is 41.3. The predicted octanol–water partition coefficient (Wildman–Crippen LogP) is 17.1. The maximum Gasteiger partial charge on any atom is 0.148 e. The smallest absolute Gasteiger partial charge is 0.148 e. The molecule has 0 aliphatic carbocycles. The second kappa shape index (κ2) is 19.0. The van der Waals surface area contributed by atoms with Gasteiger partial charge < -0.3 is 5.11 Å². The Labute approximate surface area is 450 Å². The third kappa shape index (κ3) is 9.54. The number of hydrogen-bond acceptors (Lipinski definition) is 3. The first-order valence-corrected chi connectivity index (χ1v) is 21.6. The van der Waals surface area contributed by atoms with Gasteiger partial charge >= 0.3 is 0 Å². The predicted molar refractivity (Wildman–Crippen MR) is 282 cm³/mol. The molecule has 0 saturated heterocycles.